The molecule has 6 heteroatoms. The maximum Gasteiger partial charge on any atom is 0.227 e. The van der Waals surface area contributed by atoms with Gasteiger partial charge in [-0.3, -0.25) is 9.79 Å². The van der Waals surface area contributed by atoms with Crippen LogP contribution >= 0.6 is 24.0 Å². The quantitative estimate of drug-likeness (QED) is 0.402. The molecule has 24 heavy (non-hydrogen) atoms. The van der Waals surface area contributed by atoms with E-state index in [1.54, 1.807) is 14.1 Å². The Kier molecular flexibility index (Phi) is 9.96. The van der Waals surface area contributed by atoms with Crippen LogP contribution < -0.4 is 10.6 Å². The number of carbonyl (C=O) groups excluding carboxylic acids is 1. The van der Waals surface area contributed by atoms with E-state index in [-0.39, 0.29) is 29.9 Å². The molecule has 0 heterocycles. The highest BCUT2D eigenvalue weighted by molar-refractivity contribution is 14.0. The van der Waals surface area contributed by atoms with Crippen molar-refractivity contribution < 1.29 is 4.79 Å². The van der Waals surface area contributed by atoms with Gasteiger partial charge in [0.2, 0.25) is 5.91 Å². The van der Waals surface area contributed by atoms with Crippen molar-refractivity contribution in [3.8, 4) is 0 Å². The lowest BCUT2D eigenvalue weighted by Gasteiger charge is -2.27. The van der Waals surface area contributed by atoms with Crippen molar-refractivity contribution in [2.24, 2.45) is 10.4 Å². The number of hydrogen-bond donors (Lipinski definition) is 2. The summed E-state index contributed by atoms with van der Waals surface area (Å²) in [5, 5.41) is 5.98. The Labute approximate surface area is 163 Å². The van der Waals surface area contributed by atoms with Gasteiger partial charge in [0, 0.05) is 34.2 Å². The van der Waals surface area contributed by atoms with Gasteiger partial charge in [-0.2, -0.15) is 0 Å². The van der Waals surface area contributed by atoms with Gasteiger partial charge in [-0.1, -0.05) is 31.2 Å². The molecule has 0 aliphatic rings. The van der Waals surface area contributed by atoms with Gasteiger partial charge >= 0.3 is 0 Å². The van der Waals surface area contributed by atoms with Crippen molar-refractivity contribution in [3.63, 3.8) is 0 Å². The normalized spacial score (nSPS) is 11.5. The molecule has 0 aliphatic carbocycles. The summed E-state index contributed by atoms with van der Waals surface area (Å²) in [6.07, 6.45) is 1.05. The molecule has 1 amide bonds. The predicted molar refractivity (Wildman–Crippen MR) is 112 cm³/mol. The van der Waals surface area contributed by atoms with E-state index in [0.29, 0.717) is 6.54 Å². The second-order valence-corrected chi connectivity index (χ2v) is 6.39. The molecule has 0 unspecified atom stereocenters. The van der Waals surface area contributed by atoms with Crippen LogP contribution in [0.4, 0.5) is 0 Å². The van der Waals surface area contributed by atoms with E-state index in [0.717, 1.165) is 18.9 Å². The zero-order valence-electron chi connectivity index (χ0n) is 15.6. The van der Waals surface area contributed by atoms with E-state index in [4.69, 9.17) is 0 Å². The van der Waals surface area contributed by atoms with Gasteiger partial charge in [-0.05, 0) is 31.4 Å². The third-order valence-electron chi connectivity index (χ3n) is 3.95. The van der Waals surface area contributed by atoms with E-state index in [1.807, 2.05) is 20.9 Å². The van der Waals surface area contributed by atoms with Crippen molar-refractivity contribution in [2.75, 3.05) is 27.7 Å². The first-order valence-electron chi connectivity index (χ1n) is 8.05. The Morgan fingerprint density at radius 1 is 1.21 bits per heavy atom. The van der Waals surface area contributed by atoms with Crippen LogP contribution in [-0.4, -0.2) is 44.5 Å². The largest absolute Gasteiger partial charge is 0.359 e. The summed E-state index contributed by atoms with van der Waals surface area (Å²) < 4.78 is 0. The van der Waals surface area contributed by atoms with E-state index >= 15 is 0 Å². The molecule has 0 saturated carbocycles. The van der Waals surface area contributed by atoms with Crippen LogP contribution in [0, 0.1) is 5.41 Å². The fourth-order valence-corrected chi connectivity index (χ4v) is 2.33. The van der Waals surface area contributed by atoms with E-state index < -0.39 is 5.41 Å². The van der Waals surface area contributed by atoms with Crippen molar-refractivity contribution in [1.29, 1.82) is 0 Å². The first-order chi connectivity index (χ1) is 10.8. The Hall–Kier alpha value is -1.31. The summed E-state index contributed by atoms with van der Waals surface area (Å²) in [4.78, 5) is 18.2. The second kappa shape index (κ2) is 10.5. The first kappa shape index (κ1) is 22.7. The number of guanidine groups is 1. The lowest BCUT2D eigenvalue weighted by Crippen LogP contribution is -2.47. The summed E-state index contributed by atoms with van der Waals surface area (Å²) >= 11 is 0. The smallest absolute Gasteiger partial charge is 0.227 e. The van der Waals surface area contributed by atoms with Gasteiger partial charge in [0.05, 0.1) is 5.41 Å². The fourth-order valence-electron chi connectivity index (χ4n) is 2.33. The van der Waals surface area contributed by atoms with Crippen LogP contribution in [-0.2, 0) is 17.8 Å². The maximum absolute atomic E-state index is 11.9. The Balaban J connectivity index is 0.00000529. The minimum Gasteiger partial charge on any atom is -0.359 e. The summed E-state index contributed by atoms with van der Waals surface area (Å²) in [6.45, 7) is 7.27. The molecule has 2 N–H and O–H groups in total. The topological polar surface area (TPSA) is 56.7 Å². The zero-order chi connectivity index (χ0) is 17.5. The van der Waals surface area contributed by atoms with Crippen molar-refractivity contribution in [1.82, 2.24) is 15.5 Å². The lowest BCUT2D eigenvalue weighted by molar-refractivity contribution is -0.128. The molecule has 0 aliphatic heterocycles. The first-order valence-corrected chi connectivity index (χ1v) is 8.05. The van der Waals surface area contributed by atoms with Crippen LogP contribution in [0.1, 0.15) is 31.9 Å². The molecule has 0 aromatic heterocycles. The highest BCUT2D eigenvalue weighted by Gasteiger charge is 2.27. The maximum atomic E-state index is 11.9. The molecular weight excluding hydrogens is 415 g/mol. The van der Waals surface area contributed by atoms with Crippen molar-refractivity contribution in [2.45, 2.75) is 33.7 Å². The number of amides is 1. The average molecular weight is 446 g/mol. The number of benzene rings is 1. The van der Waals surface area contributed by atoms with Crippen molar-refractivity contribution in [3.05, 3.63) is 35.4 Å². The summed E-state index contributed by atoms with van der Waals surface area (Å²) in [6, 6.07) is 8.62. The van der Waals surface area contributed by atoms with Gasteiger partial charge in [-0.15, -0.1) is 24.0 Å². The number of nitrogens with one attached hydrogen (secondary N) is 2. The molecule has 5 nitrogen and oxygen atoms in total. The van der Waals surface area contributed by atoms with Crippen LogP contribution in [0.5, 0.6) is 0 Å². The second-order valence-electron chi connectivity index (χ2n) is 6.39. The third-order valence-corrected chi connectivity index (χ3v) is 3.95. The highest BCUT2D eigenvalue weighted by Crippen LogP contribution is 2.13. The monoisotopic (exact) mass is 446 g/mol. The zero-order valence-corrected chi connectivity index (χ0v) is 18.0. The van der Waals surface area contributed by atoms with Gasteiger partial charge in [0.15, 0.2) is 5.96 Å². The van der Waals surface area contributed by atoms with Crippen LogP contribution in [0.2, 0.25) is 0 Å². The lowest BCUT2D eigenvalue weighted by atomic mass is 9.92. The van der Waals surface area contributed by atoms with Crippen LogP contribution in [0.3, 0.4) is 0 Å². The van der Waals surface area contributed by atoms with Gasteiger partial charge in [-0.25, -0.2) is 0 Å². The third kappa shape index (κ3) is 6.67. The van der Waals surface area contributed by atoms with Crippen LogP contribution in [0.15, 0.2) is 29.3 Å². The van der Waals surface area contributed by atoms with Gasteiger partial charge in [0.1, 0.15) is 0 Å². The Morgan fingerprint density at radius 3 is 2.21 bits per heavy atom. The molecule has 1 aromatic carbocycles. The number of halogens is 1. The van der Waals surface area contributed by atoms with Crippen LogP contribution in [0.25, 0.3) is 0 Å². The summed E-state index contributed by atoms with van der Waals surface area (Å²) in [7, 11) is 5.41. The number of nitrogens with zero attached hydrogens (tertiary/aromatic N) is 2. The Bertz CT molecular complexity index is 540. The molecule has 0 bridgehead atoms. The van der Waals surface area contributed by atoms with E-state index in [2.05, 4.69) is 51.7 Å². The Morgan fingerprint density at radius 2 is 1.75 bits per heavy atom. The molecule has 1 aromatic rings. The minimum atomic E-state index is -0.492. The van der Waals surface area contributed by atoms with E-state index in [1.165, 1.54) is 11.1 Å². The number of carbonyl (C=O) groups is 1. The molecule has 0 fully saturated rings. The standard InChI is InChI=1S/C18H30N4O.HI/c1-7-14-8-10-15(11-9-14)12-22(6)17(20-5)21-13-18(2,3)16(23)19-4;/h8-11H,7,12-13H2,1-6H3,(H,19,23)(H,20,21);1H. The number of aliphatic imine (C=N–C) groups is 1. The van der Waals surface area contributed by atoms with E-state index in [9.17, 15) is 4.79 Å². The molecule has 0 spiro atoms. The van der Waals surface area contributed by atoms with Gasteiger partial charge < -0.3 is 15.5 Å². The summed E-state index contributed by atoms with van der Waals surface area (Å²) in [5.74, 6) is 0.791. The molecular formula is C18H31IN4O. The fraction of sp³-hybridized carbons (Fsp3) is 0.556. The van der Waals surface area contributed by atoms with Gasteiger partial charge in [0.25, 0.3) is 0 Å². The summed E-state index contributed by atoms with van der Waals surface area (Å²) in [5.41, 5.74) is 2.08. The molecule has 0 radical (unpaired) electrons. The number of rotatable bonds is 6. The highest BCUT2D eigenvalue weighted by atomic mass is 127. The molecule has 136 valence electrons. The average Bonchev–Trinajstić information content (AvgIpc) is 2.55. The molecule has 0 saturated heterocycles. The SMILES string of the molecule is CCc1ccc(CN(C)C(=NC)NCC(C)(C)C(=O)NC)cc1.I. The van der Waals surface area contributed by atoms with Crippen molar-refractivity contribution >= 4 is 35.8 Å². The molecule has 0 atom stereocenters. The number of hydrogen-bond acceptors (Lipinski definition) is 2. The predicted octanol–water partition coefficient (Wildman–Crippen LogP) is 2.65. The molecule has 1 rings (SSSR count). The number of aryl methyl sites for hydroxylation is 1. The minimum absolute atomic E-state index is 0.